The predicted molar refractivity (Wildman–Crippen MR) is 75.4 cm³/mol. The lowest BCUT2D eigenvalue weighted by molar-refractivity contribution is 0.477. The number of nitrogens with one attached hydrogen (secondary N) is 1. The zero-order chi connectivity index (χ0) is 13.2. The fourth-order valence-corrected chi connectivity index (χ4v) is 2.41. The highest BCUT2D eigenvalue weighted by atomic mass is 35.5. The fourth-order valence-electron chi connectivity index (χ4n) is 1.99. The molecular weight excluding hydrogens is 248 g/mol. The van der Waals surface area contributed by atoms with Crippen molar-refractivity contribution in [3.05, 3.63) is 24.0 Å². The van der Waals surface area contributed by atoms with Crippen LogP contribution >= 0.6 is 11.6 Å². The van der Waals surface area contributed by atoms with Crippen LogP contribution < -0.4 is 5.32 Å². The normalized spacial score (nSPS) is 14.7. The van der Waals surface area contributed by atoms with E-state index in [2.05, 4.69) is 42.2 Å². The third kappa shape index (κ3) is 2.58. The van der Waals surface area contributed by atoms with Gasteiger partial charge in [-0.3, -0.25) is 0 Å². The van der Waals surface area contributed by atoms with Crippen LogP contribution in [0.2, 0.25) is 0 Å². The Hall–Kier alpha value is -1.29. The maximum atomic E-state index is 5.88. The van der Waals surface area contributed by atoms with Gasteiger partial charge < -0.3 is 5.32 Å². The number of aryl methyl sites for hydroxylation is 1. The second kappa shape index (κ2) is 5.14. The molecule has 0 aromatic carbocycles. The SMILES string of the molecule is CCC(C)(CCCl)Nc1cc(C)cc2ncnn12. The Kier molecular flexibility index (Phi) is 3.76. The molecule has 98 valence electrons. The maximum Gasteiger partial charge on any atom is 0.157 e. The third-order valence-corrected chi connectivity index (χ3v) is 3.57. The molecule has 2 aromatic heterocycles. The molecule has 0 fully saturated rings. The summed E-state index contributed by atoms with van der Waals surface area (Å²) in [5.41, 5.74) is 2.01. The number of pyridine rings is 1. The predicted octanol–water partition coefficient (Wildman–Crippen LogP) is 3.25. The second-order valence-corrected chi connectivity index (χ2v) is 5.30. The monoisotopic (exact) mass is 266 g/mol. The molecule has 2 aromatic rings. The van der Waals surface area contributed by atoms with Crippen LogP contribution in [-0.4, -0.2) is 26.0 Å². The van der Waals surface area contributed by atoms with Crippen LogP contribution in [0.15, 0.2) is 18.5 Å². The summed E-state index contributed by atoms with van der Waals surface area (Å²) in [4.78, 5) is 4.23. The van der Waals surface area contributed by atoms with Crippen LogP contribution in [0.5, 0.6) is 0 Å². The Morgan fingerprint density at radius 1 is 1.44 bits per heavy atom. The van der Waals surface area contributed by atoms with E-state index in [1.807, 2.05) is 10.6 Å². The second-order valence-electron chi connectivity index (χ2n) is 4.93. The molecule has 5 heteroatoms. The summed E-state index contributed by atoms with van der Waals surface area (Å²) in [5.74, 6) is 1.61. The molecular formula is C13H19ClN4. The van der Waals surface area contributed by atoms with Gasteiger partial charge in [-0.2, -0.15) is 9.61 Å². The molecule has 18 heavy (non-hydrogen) atoms. The van der Waals surface area contributed by atoms with E-state index in [4.69, 9.17) is 11.6 Å². The molecule has 0 aliphatic rings. The van der Waals surface area contributed by atoms with Crippen molar-refractivity contribution in [2.24, 2.45) is 0 Å². The van der Waals surface area contributed by atoms with Crippen molar-refractivity contribution in [2.75, 3.05) is 11.2 Å². The lowest BCUT2D eigenvalue weighted by atomic mass is 9.95. The summed E-state index contributed by atoms with van der Waals surface area (Å²) in [6.45, 7) is 6.40. The molecule has 1 atom stereocenters. The summed E-state index contributed by atoms with van der Waals surface area (Å²) in [6, 6.07) is 4.10. The first-order valence-corrected chi connectivity index (χ1v) is 6.76. The Labute approximate surface area is 112 Å². The number of hydrogen-bond donors (Lipinski definition) is 1. The number of nitrogens with zero attached hydrogens (tertiary/aromatic N) is 3. The molecule has 0 saturated heterocycles. The van der Waals surface area contributed by atoms with E-state index in [9.17, 15) is 0 Å². The first-order valence-electron chi connectivity index (χ1n) is 6.22. The van der Waals surface area contributed by atoms with Gasteiger partial charge in [-0.15, -0.1) is 11.6 Å². The first kappa shape index (κ1) is 13.1. The summed E-state index contributed by atoms with van der Waals surface area (Å²) in [6.07, 6.45) is 3.49. The summed E-state index contributed by atoms with van der Waals surface area (Å²) in [5, 5.41) is 7.80. The van der Waals surface area contributed by atoms with Gasteiger partial charge in [-0.05, 0) is 44.4 Å². The van der Waals surface area contributed by atoms with Gasteiger partial charge in [0, 0.05) is 11.4 Å². The van der Waals surface area contributed by atoms with Crippen LogP contribution in [0.3, 0.4) is 0 Å². The third-order valence-electron chi connectivity index (χ3n) is 3.38. The Morgan fingerprint density at radius 2 is 2.22 bits per heavy atom. The van der Waals surface area contributed by atoms with Gasteiger partial charge in [0.05, 0.1) is 0 Å². The van der Waals surface area contributed by atoms with Gasteiger partial charge >= 0.3 is 0 Å². The minimum absolute atomic E-state index is 0.0194. The molecule has 2 rings (SSSR count). The van der Waals surface area contributed by atoms with Crippen LogP contribution in [0.25, 0.3) is 5.65 Å². The van der Waals surface area contributed by atoms with Crippen molar-refractivity contribution in [1.29, 1.82) is 0 Å². The number of rotatable bonds is 5. The molecule has 1 unspecified atom stereocenters. The molecule has 2 heterocycles. The Morgan fingerprint density at radius 3 is 2.89 bits per heavy atom. The lowest BCUT2D eigenvalue weighted by Gasteiger charge is -2.30. The average molecular weight is 267 g/mol. The van der Waals surface area contributed by atoms with E-state index in [1.165, 1.54) is 5.56 Å². The standard InChI is InChI=1S/C13H19ClN4/c1-4-13(3,5-6-14)17-12-8-10(2)7-11-15-9-16-18(11)12/h7-9,17H,4-6H2,1-3H3. The average Bonchev–Trinajstić information content (AvgIpc) is 2.77. The molecule has 4 nitrogen and oxygen atoms in total. The summed E-state index contributed by atoms with van der Waals surface area (Å²) < 4.78 is 1.83. The van der Waals surface area contributed by atoms with Crippen molar-refractivity contribution in [3.8, 4) is 0 Å². The van der Waals surface area contributed by atoms with E-state index < -0.39 is 0 Å². The topological polar surface area (TPSA) is 42.2 Å². The van der Waals surface area contributed by atoms with E-state index >= 15 is 0 Å². The quantitative estimate of drug-likeness (QED) is 0.845. The van der Waals surface area contributed by atoms with E-state index in [0.717, 1.165) is 24.3 Å². The van der Waals surface area contributed by atoms with Gasteiger partial charge in [-0.25, -0.2) is 4.98 Å². The van der Waals surface area contributed by atoms with E-state index in [1.54, 1.807) is 6.33 Å². The van der Waals surface area contributed by atoms with Crippen molar-refractivity contribution >= 4 is 23.1 Å². The van der Waals surface area contributed by atoms with Crippen molar-refractivity contribution in [1.82, 2.24) is 14.6 Å². The zero-order valence-corrected chi connectivity index (χ0v) is 11.8. The van der Waals surface area contributed by atoms with Crippen molar-refractivity contribution in [3.63, 3.8) is 0 Å². The van der Waals surface area contributed by atoms with Gasteiger partial charge in [0.2, 0.25) is 0 Å². The van der Waals surface area contributed by atoms with Crippen molar-refractivity contribution in [2.45, 2.75) is 39.2 Å². The molecule has 0 bridgehead atoms. The highest BCUT2D eigenvalue weighted by Gasteiger charge is 2.22. The first-order chi connectivity index (χ1) is 8.58. The van der Waals surface area contributed by atoms with Crippen LogP contribution in [-0.2, 0) is 0 Å². The Balaban J connectivity index is 2.38. The van der Waals surface area contributed by atoms with E-state index in [-0.39, 0.29) is 5.54 Å². The number of fused-ring (bicyclic) bond motifs is 1. The molecule has 0 amide bonds. The van der Waals surface area contributed by atoms with Gasteiger partial charge in [0.1, 0.15) is 12.1 Å². The number of alkyl halides is 1. The molecule has 1 N–H and O–H groups in total. The lowest BCUT2D eigenvalue weighted by Crippen LogP contribution is -2.35. The minimum Gasteiger partial charge on any atom is -0.365 e. The number of halogens is 1. The van der Waals surface area contributed by atoms with Crippen LogP contribution in [0.1, 0.15) is 32.3 Å². The highest BCUT2D eigenvalue weighted by Crippen LogP contribution is 2.23. The molecule has 0 aliphatic carbocycles. The molecule has 0 radical (unpaired) electrons. The number of hydrogen-bond acceptors (Lipinski definition) is 3. The van der Waals surface area contributed by atoms with E-state index in [0.29, 0.717) is 5.88 Å². The number of anilines is 1. The van der Waals surface area contributed by atoms with Gasteiger partial charge in [-0.1, -0.05) is 6.92 Å². The summed E-state index contributed by atoms with van der Waals surface area (Å²) in [7, 11) is 0. The smallest absolute Gasteiger partial charge is 0.157 e. The minimum atomic E-state index is -0.0194. The van der Waals surface area contributed by atoms with Crippen molar-refractivity contribution < 1.29 is 0 Å². The zero-order valence-electron chi connectivity index (χ0n) is 11.1. The van der Waals surface area contributed by atoms with Crippen LogP contribution in [0, 0.1) is 6.92 Å². The molecule has 0 saturated carbocycles. The van der Waals surface area contributed by atoms with Gasteiger partial charge in [0.25, 0.3) is 0 Å². The maximum absolute atomic E-state index is 5.88. The van der Waals surface area contributed by atoms with Crippen LogP contribution in [0.4, 0.5) is 5.82 Å². The fraction of sp³-hybridized carbons (Fsp3) is 0.538. The largest absolute Gasteiger partial charge is 0.365 e. The highest BCUT2D eigenvalue weighted by molar-refractivity contribution is 6.17. The van der Waals surface area contributed by atoms with Gasteiger partial charge in [0.15, 0.2) is 5.65 Å². The summed E-state index contributed by atoms with van der Waals surface area (Å²) >= 11 is 5.88. The molecule has 0 aliphatic heterocycles. The molecule has 0 spiro atoms. The Bertz CT molecular complexity index is 537. The number of aromatic nitrogens is 3.